The smallest absolute Gasteiger partial charge is 0.185 e. The highest BCUT2D eigenvalue weighted by atomic mass is 16.6. The van der Waals surface area contributed by atoms with E-state index in [1.165, 1.54) is 5.57 Å². The van der Waals surface area contributed by atoms with Crippen molar-refractivity contribution in [2.75, 3.05) is 6.79 Å². The fourth-order valence-corrected chi connectivity index (χ4v) is 0.925. The summed E-state index contributed by atoms with van der Waals surface area (Å²) >= 11 is 0. The Kier molecular flexibility index (Phi) is 2.51. The number of hydrogen-bond donors (Lipinski definition) is 1. The quantitative estimate of drug-likeness (QED) is 0.590. The minimum Gasteiger partial charge on any atom is -0.472 e. The first-order valence-corrected chi connectivity index (χ1v) is 3.43. The lowest BCUT2D eigenvalue weighted by atomic mass is 10.1. The summed E-state index contributed by atoms with van der Waals surface area (Å²) < 4.78 is 4.90. The van der Waals surface area contributed by atoms with Crippen LogP contribution in [-0.2, 0) is 4.74 Å². The van der Waals surface area contributed by atoms with Gasteiger partial charge in [-0.15, -0.1) is 0 Å². The van der Waals surface area contributed by atoms with Crippen molar-refractivity contribution >= 4 is 0 Å². The minimum atomic E-state index is -0.210. The Bertz CT molecular complexity index is 164. The molecular formula is C8H12O2. The fourth-order valence-electron chi connectivity index (χ4n) is 0.925. The highest BCUT2D eigenvalue weighted by molar-refractivity contribution is 5.19. The third-order valence-corrected chi connectivity index (χ3v) is 1.57. The average Bonchev–Trinajstić information content (AvgIpc) is 1.95. The van der Waals surface area contributed by atoms with Crippen LogP contribution in [0.5, 0.6) is 0 Å². The number of aliphatic hydroxyl groups excluding tert-OH is 1. The monoisotopic (exact) mass is 140 g/mol. The highest BCUT2D eigenvalue weighted by Gasteiger charge is 2.02. The molecule has 0 bridgehead atoms. The summed E-state index contributed by atoms with van der Waals surface area (Å²) in [5.74, 6) is 0.883. The molecule has 56 valence electrons. The van der Waals surface area contributed by atoms with Crippen LogP contribution in [0.15, 0.2) is 23.5 Å². The van der Waals surface area contributed by atoms with Crippen LogP contribution in [0.25, 0.3) is 0 Å². The molecule has 0 aromatic heterocycles. The Morgan fingerprint density at radius 3 is 2.80 bits per heavy atom. The molecule has 0 amide bonds. The van der Waals surface area contributed by atoms with Crippen molar-refractivity contribution in [2.24, 2.45) is 0 Å². The van der Waals surface area contributed by atoms with Gasteiger partial charge >= 0.3 is 0 Å². The van der Waals surface area contributed by atoms with Crippen molar-refractivity contribution in [3.8, 4) is 0 Å². The molecule has 1 aliphatic rings. The molecular weight excluding hydrogens is 128 g/mol. The summed E-state index contributed by atoms with van der Waals surface area (Å²) in [5.41, 5.74) is 1.37. The van der Waals surface area contributed by atoms with Crippen LogP contribution < -0.4 is 0 Å². The topological polar surface area (TPSA) is 29.5 Å². The zero-order valence-electron chi connectivity index (χ0n) is 6.13. The van der Waals surface area contributed by atoms with Crippen LogP contribution in [0.2, 0.25) is 0 Å². The minimum absolute atomic E-state index is 0.210. The van der Waals surface area contributed by atoms with Crippen LogP contribution >= 0.6 is 0 Å². The lowest BCUT2D eigenvalue weighted by molar-refractivity contribution is 0.0379. The second kappa shape index (κ2) is 3.42. The SMILES string of the molecule is CC1=CC=C(OCO)CC1. The molecule has 0 heterocycles. The summed E-state index contributed by atoms with van der Waals surface area (Å²) in [6, 6.07) is 0. The highest BCUT2D eigenvalue weighted by Crippen LogP contribution is 2.17. The molecule has 0 unspecified atom stereocenters. The molecule has 0 saturated carbocycles. The lowest BCUT2D eigenvalue weighted by Crippen LogP contribution is -1.97. The van der Waals surface area contributed by atoms with Crippen LogP contribution in [0.3, 0.4) is 0 Å². The number of rotatable bonds is 2. The molecule has 0 aliphatic heterocycles. The van der Waals surface area contributed by atoms with Crippen molar-refractivity contribution in [2.45, 2.75) is 19.8 Å². The first kappa shape index (κ1) is 7.35. The number of ether oxygens (including phenoxy) is 1. The van der Waals surface area contributed by atoms with Gasteiger partial charge in [0, 0.05) is 6.42 Å². The average molecular weight is 140 g/mol. The summed E-state index contributed by atoms with van der Waals surface area (Å²) in [7, 11) is 0. The van der Waals surface area contributed by atoms with Crippen LogP contribution in [0.4, 0.5) is 0 Å². The van der Waals surface area contributed by atoms with E-state index in [1.54, 1.807) is 0 Å². The van der Waals surface area contributed by atoms with Crippen molar-refractivity contribution < 1.29 is 9.84 Å². The number of aliphatic hydroxyl groups is 1. The van der Waals surface area contributed by atoms with E-state index in [9.17, 15) is 0 Å². The second-order valence-corrected chi connectivity index (χ2v) is 2.42. The maximum absolute atomic E-state index is 8.40. The molecule has 0 aromatic carbocycles. The summed E-state index contributed by atoms with van der Waals surface area (Å²) in [4.78, 5) is 0. The van der Waals surface area contributed by atoms with Crippen LogP contribution in [0, 0.1) is 0 Å². The molecule has 1 rings (SSSR count). The Morgan fingerprint density at radius 1 is 1.50 bits per heavy atom. The first-order valence-electron chi connectivity index (χ1n) is 3.43. The van der Waals surface area contributed by atoms with Crippen molar-refractivity contribution in [3.05, 3.63) is 23.5 Å². The number of allylic oxidation sites excluding steroid dienone is 4. The summed E-state index contributed by atoms with van der Waals surface area (Å²) in [6.07, 6.45) is 5.90. The van der Waals surface area contributed by atoms with Gasteiger partial charge in [0.2, 0.25) is 0 Å². The normalized spacial score (nSPS) is 17.8. The molecule has 0 spiro atoms. The van der Waals surface area contributed by atoms with Gasteiger partial charge in [-0.05, 0) is 19.4 Å². The van der Waals surface area contributed by atoms with Crippen LogP contribution in [-0.4, -0.2) is 11.9 Å². The maximum atomic E-state index is 8.40. The fraction of sp³-hybridized carbons (Fsp3) is 0.500. The van der Waals surface area contributed by atoms with Crippen molar-refractivity contribution in [1.82, 2.24) is 0 Å². The largest absolute Gasteiger partial charge is 0.472 e. The Hall–Kier alpha value is -0.760. The van der Waals surface area contributed by atoms with E-state index in [4.69, 9.17) is 9.84 Å². The Labute approximate surface area is 60.8 Å². The molecule has 10 heavy (non-hydrogen) atoms. The lowest BCUT2D eigenvalue weighted by Gasteiger charge is -2.10. The van der Waals surface area contributed by atoms with Crippen molar-refractivity contribution in [1.29, 1.82) is 0 Å². The van der Waals surface area contributed by atoms with Gasteiger partial charge in [-0.3, -0.25) is 0 Å². The molecule has 2 nitrogen and oxygen atoms in total. The number of hydrogen-bond acceptors (Lipinski definition) is 2. The molecule has 0 fully saturated rings. The van der Waals surface area contributed by atoms with E-state index in [2.05, 4.69) is 6.92 Å². The van der Waals surface area contributed by atoms with Gasteiger partial charge in [-0.25, -0.2) is 0 Å². The molecule has 0 aromatic rings. The van der Waals surface area contributed by atoms with E-state index in [0.717, 1.165) is 18.6 Å². The third-order valence-electron chi connectivity index (χ3n) is 1.57. The van der Waals surface area contributed by atoms with Crippen LogP contribution in [0.1, 0.15) is 19.8 Å². The Balaban J connectivity index is 2.47. The Morgan fingerprint density at radius 2 is 2.30 bits per heavy atom. The summed E-state index contributed by atoms with van der Waals surface area (Å²) in [5, 5.41) is 8.40. The second-order valence-electron chi connectivity index (χ2n) is 2.42. The molecule has 2 heteroatoms. The van der Waals surface area contributed by atoms with Gasteiger partial charge in [-0.2, -0.15) is 0 Å². The van der Waals surface area contributed by atoms with E-state index < -0.39 is 0 Å². The summed E-state index contributed by atoms with van der Waals surface area (Å²) in [6.45, 7) is 1.88. The van der Waals surface area contributed by atoms with Gasteiger partial charge in [-0.1, -0.05) is 11.6 Å². The maximum Gasteiger partial charge on any atom is 0.185 e. The molecule has 1 N–H and O–H groups in total. The molecule has 0 radical (unpaired) electrons. The first-order chi connectivity index (χ1) is 4.83. The van der Waals surface area contributed by atoms with E-state index in [-0.39, 0.29) is 6.79 Å². The standard InChI is InChI=1S/C8H12O2/c1-7-2-4-8(5-3-7)10-6-9/h2,4,9H,3,5-6H2,1H3. The van der Waals surface area contributed by atoms with E-state index >= 15 is 0 Å². The van der Waals surface area contributed by atoms with E-state index in [1.807, 2.05) is 12.2 Å². The zero-order valence-corrected chi connectivity index (χ0v) is 6.13. The molecule has 0 saturated heterocycles. The van der Waals surface area contributed by atoms with Gasteiger partial charge in [0.1, 0.15) is 0 Å². The van der Waals surface area contributed by atoms with E-state index in [0.29, 0.717) is 0 Å². The van der Waals surface area contributed by atoms with Gasteiger partial charge < -0.3 is 9.84 Å². The molecule has 1 aliphatic carbocycles. The zero-order chi connectivity index (χ0) is 7.40. The predicted molar refractivity (Wildman–Crippen MR) is 39.2 cm³/mol. The van der Waals surface area contributed by atoms with Crippen molar-refractivity contribution in [3.63, 3.8) is 0 Å². The van der Waals surface area contributed by atoms with Gasteiger partial charge in [0.05, 0.1) is 5.76 Å². The predicted octanol–water partition coefficient (Wildman–Crippen LogP) is 1.58. The molecule has 0 atom stereocenters. The third kappa shape index (κ3) is 1.88. The van der Waals surface area contributed by atoms with Gasteiger partial charge in [0.15, 0.2) is 6.79 Å². The van der Waals surface area contributed by atoms with Gasteiger partial charge in [0.25, 0.3) is 0 Å².